The highest BCUT2D eigenvalue weighted by molar-refractivity contribution is 5.79. The van der Waals surface area contributed by atoms with Gasteiger partial charge < -0.3 is 15.4 Å². The van der Waals surface area contributed by atoms with Gasteiger partial charge in [-0.15, -0.1) is 0 Å². The van der Waals surface area contributed by atoms with Crippen molar-refractivity contribution in [1.29, 1.82) is 0 Å². The Kier molecular flexibility index (Phi) is 4.98. The van der Waals surface area contributed by atoms with E-state index in [4.69, 9.17) is 4.74 Å². The van der Waals surface area contributed by atoms with Gasteiger partial charge in [-0.2, -0.15) is 0 Å². The lowest BCUT2D eigenvalue weighted by molar-refractivity contribution is -0.125. The third-order valence-electron chi connectivity index (χ3n) is 3.44. The fourth-order valence-electron chi connectivity index (χ4n) is 2.31. The third kappa shape index (κ3) is 3.98. The van der Waals surface area contributed by atoms with Crippen LogP contribution in [0.2, 0.25) is 0 Å². The van der Waals surface area contributed by atoms with Crippen molar-refractivity contribution >= 4 is 11.8 Å². The first-order valence-corrected chi connectivity index (χ1v) is 6.87. The van der Waals surface area contributed by atoms with Crippen LogP contribution in [0, 0.1) is 0 Å². The summed E-state index contributed by atoms with van der Waals surface area (Å²) in [4.78, 5) is 22.9. The van der Waals surface area contributed by atoms with E-state index in [-0.39, 0.29) is 17.9 Å². The minimum atomic E-state index is 0.0112. The fraction of sp³-hybridized carbons (Fsp3) is 0.467. The molecule has 0 saturated carbocycles. The minimum Gasteiger partial charge on any atom is -0.496 e. The zero-order valence-electron chi connectivity index (χ0n) is 11.6. The molecule has 1 aliphatic rings. The average molecular weight is 276 g/mol. The predicted octanol–water partition coefficient (Wildman–Crippen LogP) is 1.02. The first-order chi connectivity index (χ1) is 9.69. The summed E-state index contributed by atoms with van der Waals surface area (Å²) >= 11 is 0. The first-order valence-electron chi connectivity index (χ1n) is 6.87. The summed E-state index contributed by atoms with van der Waals surface area (Å²) in [6.45, 7) is 0.527. The van der Waals surface area contributed by atoms with Gasteiger partial charge in [0.25, 0.3) is 0 Å². The molecule has 0 bridgehead atoms. The second-order valence-corrected chi connectivity index (χ2v) is 4.92. The lowest BCUT2D eigenvalue weighted by atomic mass is 10.1. The molecule has 0 spiro atoms. The van der Waals surface area contributed by atoms with Crippen LogP contribution in [0.25, 0.3) is 0 Å². The molecule has 1 aromatic carbocycles. The number of hydrogen-bond donors (Lipinski definition) is 2. The van der Waals surface area contributed by atoms with Crippen molar-refractivity contribution in [3.05, 3.63) is 29.8 Å². The topological polar surface area (TPSA) is 67.4 Å². The molecule has 5 heteroatoms. The van der Waals surface area contributed by atoms with Crippen molar-refractivity contribution in [2.75, 3.05) is 13.7 Å². The molecule has 20 heavy (non-hydrogen) atoms. The molecule has 0 aromatic heterocycles. The van der Waals surface area contributed by atoms with Crippen LogP contribution in [-0.4, -0.2) is 31.5 Å². The van der Waals surface area contributed by atoms with Gasteiger partial charge in [-0.05, 0) is 24.5 Å². The van der Waals surface area contributed by atoms with E-state index >= 15 is 0 Å². The lowest BCUT2D eigenvalue weighted by Crippen LogP contribution is -2.47. The monoisotopic (exact) mass is 276 g/mol. The maximum atomic E-state index is 11.9. The largest absolute Gasteiger partial charge is 0.496 e. The Bertz CT molecular complexity index is 478. The summed E-state index contributed by atoms with van der Waals surface area (Å²) < 4.78 is 5.26. The summed E-state index contributed by atoms with van der Waals surface area (Å²) in [5.41, 5.74) is 1.03. The molecule has 108 valence electrons. The number of amides is 2. The van der Waals surface area contributed by atoms with Crippen molar-refractivity contribution in [3.63, 3.8) is 0 Å². The molecule has 1 atom stereocenters. The quantitative estimate of drug-likeness (QED) is 0.844. The van der Waals surface area contributed by atoms with Crippen LogP contribution in [0.5, 0.6) is 5.75 Å². The smallest absolute Gasteiger partial charge is 0.220 e. The molecule has 1 unspecified atom stereocenters. The maximum absolute atomic E-state index is 11.9. The normalized spacial score (nSPS) is 18.2. The molecule has 1 aliphatic heterocycles. The Morgan fingerprint density at radius 3 is 2.95 bits per heavy atom. The molecule has 1 heterocycles. The fourth-order valence-corrected chi connectivity index (χ4v) is 2.31. The van der Waals surface area contributed by atoms with Gasteiger partial charge in [0.1, 0.15) is 5.75 Å². The number of carbonyl (C=O) groups excluding carboxylic acids is 2. The van der Waals surface area contributed by atoms with Gasteiger partial charge in [0.2, 0.25) is 11.8 Å². The van der Waals surface area contributed by atoms with Crippen molar-refractivity contribution in [2.24, 2.45) is 0 Å². The number of rotatable bonds is 5. The van der Waals surface area contributed by atoms with Gasteiger partial charge in [-0.1, -0.05) is 18.2 Å². The number of benzene rings is 1. The highest BCUT2D eigenvalue weighted by Crippen LogP contribution is 2.18. The molecule has 5 nitrogen and oxygen atoms in total. The number of methoxy groups -OCH3 is 1. The molecule has 1 saturated heterocycles. The Morgan fingerprint density at radius 2 is 2.25 bits per heavy atom. The maximum Gasteiger partial charge on any atom is 0.220 e. The Hall–Kier alpha value is -2.04. The molecular formula is C15H20N2O3. The van der Waals surface area contributed by atoms with Crippen molar-refractivity contribution in [2.45, 2.75) is 31.7 Å². The number of hydrogen-bond acceptors (Lipinski definition) is 3. The van der Waals surface area contributed by atoms with Crippen molar-refractivity contribution in [1.82, 2.24) is 10.6 Å². The molecule has 0 aliphatic carbocycles. The molecule has 1 aromatic rings. The van der Waals surface area contributed by atoms with E-state index in [0.29, 0.717) is 32.2 Å². The van der Waals surface area contributed by atoms with Gasteiger partial charge in [0.15, 0.2) is 0 Å². The molecule has 2 amide bonds. The Balaban J connectivity index is 1.79. The number of aryl methyl sites for hydroxylation is 1. The SMILES string of the molecule is COc1ccccc1CCC(=O)NC1CCC(=O)NC1. The van der Waals surface area contributed by atoms with E-state index in [9.17, 15) is 9.59 Å². The number of piperidine rings is 1. The predicted molar refractivity (Wildman–Crippen MR) is 75.5 cm³/mol. The summed E-state index contributed by atoms with van der Waals surface area (Å²) in [7, 11) is 1.63. The Labute approximate surface area is 118 Å². The number of para-hydroxylation sites is 1. The van der Waals surface area contributed by atoms with Gasteiger partial charge in [0.05, 0.1) is 7.11 Å². The van der Waals surface area contributed by atoms with Crippen LogP contribution in [-0.2, 0) is 16.0 Å². The summed E-state index contributed by atoms with van der Waals surface area (Å²) in [5, 5.41) is 5.71. The van der Waals surface area contributed by atoms with Gasteiger partial charge >= 0.3 is 0 Å². The Morgan fingerprint density at radius 1 is 1.45 bits per heavy atom. The van der Waals surface area contributed by atoms with Crippen molar-refractivity contribution in [3.8, 4) is 5.75 Å². The van der Waals surface area contributed by atoms with E-state index < -0.39 is 0 Å². The van der Waals surface area contributed by atoms with Crippen molar-refractivity contribution < 1.29 is 14.3 Å². The zero-order valence-corrected chi connectivity index (χ0v) is 11.6. The average Bonchev–Trinajstić information content (AvgIpc) is 2.48. The van der Waals surface area contributed by atoms with E-state index in [1.807, 2.05) is 24.3 Å². The lowest BCUT2D eigenvalue weighted by Gasteiger charge is -2.23. The van der Waals surface area contributed by atoms with Crippen LogP contribution in [0.3, 0.4) is 0 Å². The number of carbonyl (C=O) groups is 2. The minimum absolute atomic E-state index is 0.0112. The first kappa shape index (κ1) is 14.4. The van der Waals surface area contributed by atoms with Crippen LogP contribution in [0.4, 0.5) is 0 Å². The molecule has 2 N–H and O–H groups in total. The van der Waals surface area contributed by atoms with Crippen LogP contribution in [0.15, 0.2) is 24.3 Å². The summed E-state index contributed by atoms with van der Waals surface area (Å²) in [6.07, 6.45) is 2.27. The highest BCUT2D eigenvalue weighted by Gasteiger charge is 2.19. The van der Waals surface area contributed by atoms with Crippen LogP contribution < -0.4 is 15.4 Å². The molecule has 1 fully saturated rings. The summed E-state index contributed by atoms with van der Waals surface area (Å²) in [6, 6.07) is 7.76. The molecule has 0 radical (unpaired) electrons. The highest BCUT2D eigenvalue weighted by atomic mass is 16.5. The zero-order chi connectivity index (χ0) is 14.4. The molecule has 2 rings (SSSR count). The summed E-state index contributed by atoms with van der Waals surface area (Å²) in [5.74, 6) is 0.881. The van der Waals surface area contributed by atoms with E-state index in [2.05, 4.69) is 10.6 Å². The van der Waals surface area contributed by atoms with E-state index in [1.165, 1.54) is 0 Å². The van der Waals surface area contributed by atoms with Gasteiger partial charge in [-0.25, -0.2) is 0 Å². The standard InChI is InChI=1S/C15H20N2O3/c1-20-13-5-3-2-4-11(13)6-8-15(19)17-12-7-9-14(18)16-10-12/h2-5,12H,6-10H2,1H3,(H,16,18)(H,17,19). The number of nitrogens with one attached hydrogen (secondary N) is 2. The molecular weight excluding hydrogens is 256 g/mol. The second-order valence-electron chi connectivity index (χ2n) is 4.92. The number of ether oxygens (including phenoxy) is 1. The second kappa shape index (κ2) is 6.93. The van der Waals surface area contributed by atoms with Gasteiger partial charge in [-0.3, -0.25) is 9.59 Å². The van der Waals surface area contributed by atoms with E-state index in [0.717, 1.165) is 11.3 Å². The van der Waals surface area contributed by atoms with Crippen LogP contribution in [0.1, 0.15) is 24.8 Å². The van der Waals surface area contributed by atoms with Crippen LogP contribution >= 0.6 is 0 Å². The van der Waals surface area contributed by atoms with E-state index in [1.54, 1.807) is 7.11 Å². The van der Waals surface area contributed by atoms with Gasteiger partial charge in [0, 0.05) is 25.4 Å². The third-order valence-corrected chi connectivity index (χ3v) is 3.44.